The Morgan fingerprint density at radius 2 is 1.46 bits per heavy atom. The number of hydrogen-bond donors (Lipinski definition) is 2. The summed E-state index contributed by atoms with van der Waals surface area (Å²) in [5.74, 6) is -1.62. The number of nitrogens with one attached hydrogen (secondary N) is 1. The molecule has 0 saturated heterocycles. The molecule has 2 atom stereocenters. The molecule has 0 heterocycles. The van der Waals surface area contributed by atoms with E-state index in [2.05, 4.69) is 29.6 Å². The Bertz CT molecular complexity index is 1370. The van der Waals surface area contributed by atoms with Crippen LogP contribution in [0.4, 0.5) is 4.79 Å². The molecule has 2 bridgehead atoms. The highest BCUT2D eigenvalue weighted by Crippen LogP contribution is 2.75. The Morgan fingerprint density at radius 1 is 0.897 bits per heavy atom. The lowest BCUT2D eigenvalue weighted by Gasteiger charge is -2.70. The van der Waals surface area contributed by atoms with Crippen LogP contribution >= 0.6 is 0 Å². The van der Waals surface area contributed by atoms with Gasteiger partial charge in [-0.2, -0.15) is 0 Å². The van der Waals surface area contributed by atoms with Crippen molar-refractivity contribution in [2.45, 2.75) is 50.7 Å². The quantitative estimate of drug-likeness (QED) is 0.367. The van der Waals surface area contributed by atoms with Gasteiger partial charge in [-0.15, -0.1) is 0 Å². The largest absolute Gasteiger partial charge is 0.478 e. The summed E-state index contributed by atoms with van der Waals surface area (Å²) in [5, 5.41) is 12.6. The molecule has 7 heteroatoms. The number of amides is 1. The van der Waals surface area contributed by atoms with Gasteiger partial charge in [0.1, 0.15) is 6.61 Å². The number of hydrogen-bond acceptors (Lipinski definition) is 5. The van der Waals surface area contributed by atoms with Gasteiger partial charge < -0.3 is 19.9 Å². The highest BCUT2D eigenvalue weighted by Gasteiger charge is 2.74. The van der Waals surface area contributed by atoms with Crippen molar-refractivity contribution in [2.24, 2.45) is 10.8 Å². The van der Waals surface area contributed by atoms with E-state index in [9.17, 15) is 19.5 Å². The number of carboxylic acids is 1. The third kappa shape index (κ3) is 4.36. The zero-order chi connectivity index (χ0) is 27.2. The first-order valence-electron chi connectivity index (χ1n) is 13.4. The van der Waals surface area contributed by atoms with Gasteiger partial charge in [0.25, 0.3) is 0 Å². The summed E-state index contributed by atoms with van der Waals surface area (Å²) < 4.78 is 11.2. The minimum absolute atomic E-state index is 0.00971. The number of carbonyl (C=O) groups is 3. The van der Waals surface area contributed by atoms with Crippen LogP contribution in [0.5, 0.6) is 0 Å². The third-order valence-corrected chi connectivity index (χ3v) is 8.89. The lowest BCUT2D eigenvalue weighted by molar-refractivity contribution is -0.239. The van der Waals surface area contributed by atoms with E-state index in [1.807, 2.05) is 61.5 Å². The molecule has 1 amide bonds. The normalized spacial score (nSPS) is 23.7. The van der Waals surface area contributed by atoms with Crippen molar-refractivity contribution in [1.29, 1.82) is 0 Å². The van der Waals surface area contributed by atoms with Crippen LogP contribution < -0.4 is 5.32 Å². The number of ether oxygens (including phenoxy) is 2. The lowest BCUT2D eigenvalue weighted by atomic mass is 9.33. The predicted octanol–water partition coefficient (Wildman–Crippen LogP) is 5.32. The molecule has 7 rings (SSSR count). The molecule has 39 heavy (non-hydrogen) atoms. The molecule has 2 N–H and O–H groups in total. The van der Waals surface area contributed by atoms with Crippen LogP contribution in [0, 0.1) is 10.8 Å². The SMILES string of the molecule is CC(NC(=O)OCC1c2ccccc2-c2ccccc21)C12CC(C(=O)OC(Cc3ccccc3)C(=O)O)(C1)C2. The van der Waals surface area contributed by atoms with Crippen LogP contribution in [0.25, 0.3) is 11.1 Å². The minimum atomic E-state index is -1.22. The van der Waals surface area contributed by atoms with Crippen LogP contribution in [0.2, 0.25) is 0 Å². The molecule has 0 spiro atoms. The number of alkyl carbamates (subject to hydrolysis) is 1. The van der Waals surface area contributed by atoms with E-state index in [0.29, 0.717) is 19.3 Å². The van der Waals surface area contributed by atoms with Crippen molar-refractivity contribution < 1.29 is 29.0 Å². The smallest absolute Gasteiger partial charge is 0.407 e. The molecule has 200 valence electrons. The monoisotopic (exact) mass is 525 g/mol. The van der Waals surface area contributed by atoms with E-state index in [4.69, 9.17) is 9.47 Å². The molecule has 3 aromatic carbocycles. The van der Waals surface area contributed by atoms with Crippen molar-refractivity contribution in [3.05, 3.63) is 95.6 Å². The molecular weight excluding hydrogens is 494 g/mol. The molecule has 0 aliphatic heterocycles. The topological polar surface area (TPSA) is 102 Å². The van der Waals surface area contributed by atoms with Gasteiger partial charge in [-0.05, 0) is 59.4 Å². The van der Waals surface area contributed by atoms with Gasteiger partial charge >= 0.3 is 18.0 Å². The fraction of sp³-hybridized carbons (Fsp3) is 0.344. The molecule has 2 unspecified atom stereocenters. The first kappa shape index (κ1) is 25.2. The zero-order valence-electron chi connectivity index (χ0n) is 21.8. The van der Waals surface area contributed by atoms with Crippen LogP contribution in [0.15, 0.2) is 78.9 Å². The highest BCUT2D eigenvalue weighted by molar-refractivity contribution is 5.85. The second-order valence-electron chi connectivity index (χ2n) is 11.3. The van der Waals surface area contributed by atoms with Gasteiger partial charge in [-0.3, -0.25) is 4.79 Å². The fourth-order valence-electron chi connectivity index (χ4n) is 6.77. The van der Waals surface area contributed by atoms with Gasteiger partial charge in [-0.1, -0.05) is 78.9 Å². The maximum atomic E-state index is 12.9. The van der Waals surface area contributed by atoms with Crippen LogP contribution in [-0.2, 0) is 25.5 Å². The van der Waals surface area contributed by atoms with Crippen molar-refractivity contribution in [3.8, 4) is 11.1 Å². The van der Waals surface area contributed by atoms with Gasteiger partial charge in [0.2, 0.25) is 6.10 Å². The molecule has 3 fully saturated rings. The van der Waals surface area contributed by atoms with Crippen LogP contribution in [0.1, 0.15) is 48.8 Å². The summed E-state index contributed by atoms with van der Waals surface area (Å²) in [7, 11) is 0. The fourth-order valence-corrected chi connectivity index (χ4v) is 6.77. The number of fused-ring (bicyclic) bond motifs is 3. The second-order valence-corrected chi connectivity index (χ2v) is 11.3. The number of benzene rings is 3. The summed E-state index contributed by atoms with van der Waals surface area (Å²) in [6, 6.07) is 25.4. The summed E-state index contributed by atoms with van der Waals surface area (Å²) in [4.78, 5) is 37.4. The molecule has 3 saturated carbocycles. The van der Waals surface area contributed by atoms with E-state index in [1.165, 1.54) is 11.1 Å². The molecule has 7 nitrogen and oxygen atoms in total. The number of carbonyl (C=O) groups excluding carboxylic acids is 2. The summed E-state index contributed by atoms with van der Waals surface area (Å²) in [6.45, 7) is 2.18. The molecule has 0 aromatic heterocycles. The molecular formula is C32H31NO6. The van der Waals surface area contributed by atoms with Crippen molar-refractivity contribution in [2.75, 3.05) is 6.61 Å². The molecule has 0 radical (unpaired) electrons. The van der Waals surface area contributed by atoms with E-state index >= 15 is 0 Å². The predicted molar refractivity (Wildman–Crippen MR) is 144 cm³/mol. The maximum Gasteiger partial charge on any atom is 0.407 e. The maximum absolute atomic E-state index is 12.9. The van der Waals surface area contributed by atoms with Crippen molar-refractivity contribution in [3.63, 3.8) is 0 Å². The average molecular weight is 526 g/mol. The Hall–Kier alpha value is -4.13. The van der Waals surface area contributed by atoms with Crippen LogP contribution in [-0.4, -0.2) is 41.9 Å². The standard InChI is InChI=1S/C32H31NO6/c1-20(33-30(37)38-16-26-24-13-7-5-11-22(24)23-12-6-8-14-25(23)26)31-17-32(18-31,19-31)29(36)39-27(28(34)35)15-21-9-3-2-4-10-21/h2-14,20,26-27H,15-19H2,1H3,(H,33,37)(H,34,35). The Kier molecular flexibility index (Phi) is 6.17. The first-order valence-corrected chi connectivity index (χ1v) is 13.4. The highest BCUT2D eigenvalue weighted by atomic mass is 16.6. The first-order chi connectivity index (χ1) is 18.8. The molecule has 4 aliphatic rings. The Labute approximate surface area is 227 Å². The van der Waals surface area contributed by atoms with E-state index < -0.39 is 29.6 Å². The number of aliphatic carboxylic acids is 1. The number of rotatable bonds is 9. The van der Waals surface area contributed by atoms with E-state index in [1.54, 1.807) is 0 Å². The van der Waals surface area contributed by atoms with Crippen molar-refractivity contribution >= 4 is 18.0 Å². The zero-order valence-corrected chi connectivity index (χ0v) is 21.8. The van der Waals surface area contributed by atoms with E-state index in [0.717, 1.165) is 16.7 Å². The summed E-state index contributed by atoms with van der Waals surface area (Å²) in [6.07, 6.45) is 0.146. The minimum Gasteiger partial charge on any atom is -0.478 e. The summed E-state index contributed by atoms with van der Waals surface area (Å²) in [5.41, 5.74) is 4.63. The second kappa shape index (κ2) is 9.56. The van der Waals surface area contributed by atoms with Crippen LogP contribution in [0.3, 0.4) is 0 Å². The average Bonchev–Trinajstić information content (AvgIpc) is 3.20. The number of carboxylic acid groups (broad SMARTS) is 1. The van der Waals surface area contributed by atoms with Crippen molar-refractivity contribution in [1.82, 2.24) is 5.32 Å². The molecule has 4 aliphatic carbocycles. The Morgan fingerprint density at radius 3 is 2.05 bits per heavy atom. The van der Waals surface area contributed by atoms with Gasteiger partial charge in [0.05, 0.1) is 5.41 Å². The summed E-state index contributed by atoms with van der Waals surface area (Å²) >= 11 is 0. The lowest BCUT2D eigenvalue weighted by Crippen LogP contribution is -2.72. The van der Waals surface area contributed by atoms with E-state index in [-0.39, 0.29) is 30.4 Å². The number of esters is 1. The Balaban J connectivity index is 1.01. The van der Waals surface area contributed by atoms with Gasteiger partial charge in [0, 0.05) is 18.4 Å². The van der Waals surface area contributed by atoms with Gasteiger partial charge in [-0.25, -0.2) is 9.59 Å². The third-order valence-electron chi connectivity index (χ3n) is 8.89. The molecule has 3 aromatic rings. The van der Waals surface area contributed by atoms with Gasteiger partial charge in [0.15, 0.2) is 0 Å².